The van der Waals surface area contributed by atoms with E-state index in [2.05, 4.69) is 10.4 Å². The van der Waals surface area contributed by atoms with Gasteiger partial charge >= 0.3 is 0 Å². The molecule has 2 aromatic heterocycles. The smallest absolute Gasteiger partial charge is 0.266 e. The molecule has 0 unspecified atom stereocenters. The first-order valence-electron chi connectivity index (χ1n) is 8.25. The van der Waals surface area contributed by atoms with Crippen LogP contribution < -0.4 is 20.3 Å². The summed E-state index contributed by atoms with van der Waals surface area (Å²) in [6, 6.07) is 12.2. The Bertz CT molecular complexity index is 961. The molecule has 1 aromatic carbocycles. The van der Waals surface area contributed by atoms with Crippen molar-refractivity contribution in [2.24, 2.45) is 0 Å². The monoisotopic (exact) mass is 385 g/mol. The lowest BCUT2D eigenvalue weighted by Gasteiger charge is -2.13. The quantitative estimate of drug-likeness (QED) is 0.675. The summed E-state index contributed by atoms with van der Waals surface area (Å²) in [6.45, 7) is 0.488. The third kappa shape index (κ3) is 4.17. The van der Waals surface area contributed by atoms with Crippen LogP contribution in [0.5, 0.6) is 11.5 Å². The molecule has 1 amide bonds. The van der Waals surface area contributed by atoms with Crippen molar-refractivity contribution in [3.05, 3.63) is 63.8 Å². The normalized spacial score (nSPS) is 10.4. The molecular formula is C19H19N3O4S. The summed E-state index contributed by atoms with van der Waals surface area (Å²) in [7, 11) is 2.98. The van der Waals surface area contributed by atoms with Gasteiger partial charge in [0.1, 0.15) is 22.8 Å². The summed E-state index contributed by atoms with van der Waals surface area (Å²) >= 11 is 1.55. The molecule has 0 aliphatic heterocycles. The van der Waals surface area contributed by atoms with E-state index in [1.54, 1.807) is 35.6 Å². The Kier molecular flexibility index (Phi) is 5.87. The van der Waals surface area contributed by atoms with Gasteiger partial charge in [-0.25, -0.2) is 4.68 Å². The van der Waals surface area contributed by atoms with Gasteiger partial charge in [-0.05, 0) is 29.6 Å². The minimum Gasteiger partial charge on any atom is -0.496 e. The van der Waals surface area contributed by atoms with Gasteiger partial charge in [-0.1, -0.05) is 12.1 Å². The van der Waals surface area contributed by atoms with Crippen LogP contribution in [0.3, 0.4) is 0 Å². The van der Waals surface area contributed by atoms with Gasteiger partial charge in [0.25, 0.3) is 11.5 Å². The van der Waals surface area contributed by atoms with Crippen molar-refractivity contribution in [2.75, 3.05) is 20.8 Å². The Morgan fingerprint density at radius 1 is 1.11 bits per heavy atom. The molecule has 0 aliphatic carbocycles. The van der Waals surface area contributed by atoms with Crippen LogP contribution in [0.1, 0.15) is 10.4 Å². The van der Waals surface area contributed by atoms with Crippen LogP contribution in [0.2, 0.25) is 0 Å². The molecule has 3 rings (SSSR count). The summed E-state index contributed by atoms with van der Waals surface area (Å²) in [5.74, 6) is 0.496. The van der Waals surface area contributed by atoms with Gasteiger partial charge in [0, 0.05) is 12.6 Å². The number of ether oxygens (including phenoxy) is 2. The lowest BCUT2D eigenvalue weighted by molar-refractivity contribution is 0.0945. The van der Waals surface area contributed by atoms with E-state index in [1.807, 2.05) is 17.5 Å². The highest BCUT2D eigenvalue weighted by molar-refractivity contribution is 7.13. The minimum atomic E-state index is -0.341. The van der Waals surface area contributed by atoms with Crippen LogP contribution in [0, 0.1) is 0 Å². The minimum absolute atomic E-state index is 0.223. The van der Waals surface area contributed by atoms with E-state index in [0.29, 0.717) is 17.1 Å². The third-order valence-corrected chi connectivity index (χ3v) is 4.80. The summed E-state index contributed by atoms with van der Waals surface area (Å²) in [5.41, 5.74) is 0.817. The maximum atomic E-state index is 12.6. The molecule has 0 aliphatic rings. The average Bonchev–Trinajstić information content (AvgIpc) is 3.23. The van der Waals surface area contributed by atoms with E-state index < -0.39 is 0 Å². The molecule has 0 bridgehead atoms. The molecule has 0 saturated heterocycles. The highest BCUT2D eigenvalue weighted by atomic mass is 32.1. The van der Waals surface area contributed by atoms with Crippen LogP contribution in [-0.4, -0.2) is 36.5 Å². The Morgan fingerprint density at radius 3 is 2.48 bits per heavy atom. The number of methoxy groups -OCH3 is 2. The van der Waals surface area contributed by atoms with Crippen LogP contribution >= 0.6 is 11.3 Å². The molecule has 0 fully saturated rings. The average molecular weight is 385 g/mol. The van der Waals surface area contributed by atoms with Gasteiger partial charge in [-0.3, -0.25) is 9.59 Å². The van der Waals surface area contributed by atoms with E-state index in [4.69, 9.17) is 9.47 Å². The molecule has 140 valence electrons. The zero-order chi connectivity index (χ0) is 19.2. The summed E-state index contributed by atoms with van der Waals surface area (Å²) in [4.78, 5) is 25.6. The van der Waals surface area contributed by atoms with Crippen LogP contribution in [0.4, 0.5) is 0 Å². The van der Waals surface area contributed by atoms with Crippen molar-refractivity contribution in [3.63, 3.8) is 0 Å². The number of rotatable bonds is 7. The molecule has 2 heterocycles. The largest absolute Gasteiger partial charge is 0.496 e. The number of nitrogens with zero attached hydrogens (tertiary/aromatic N) is 2. The fourth-order valence-electron chi connectivity index (χ4n) is 2.60. The predicted molar refractivity (Wildman–Crippen MR) is 104 cm³/mol. The SMILES string of the molecule is COc1cccc(OC)c1C(=O)NCCn1nc(-c2cccs2)ccc1=O. The summed E-state index contributed by atoms with van der Waals surface area (Å²) in [5, 5.41) is 9.10. The lowest BCUT2D eigenvalue weighted by Crippen LogP contribution is -2.32. The van der Waals surface area contributed by atoms with Crippen molar-refractivity contribution in [3.8, 4) is 22.1 Å². The number of hydrogen-bond acceptors (Lipinski definition) is 6. The van der Waals surface area contributed by atoms with Crippen molar-refractivity contribution < 1.29 is 14.3 Å². The Labute approximate surface area is 160 Å². The van der Waals surface area contributed by atoms with Gasteiger partial charge in [-0.2, -0.15) is 5.10 Å². The fraction of sp³-hybridized carbons (Fsp3) is 0.211. The second kappa shape index (κ2) is 8.50. The molecular weight excluding hydrogens is 366 g/mol. The number of nitrogens with one attached hydrogen (secondary N) is 1. The number of carbonyl (C=O) groups is 1. The molecule has 0 radical (unpaired) electrons. The molecule has 0 spiro atoms. The molecule has 0 saturated carbocycles. The molecule has 1 N–H and O–H groups in total. The first kappa shape index (κ1) is 18.7. The van der Waals surface area contributed by atoms with Crippen molar-refractivity contribution in [2.45, 2.75) is 6.54 Å². The van der Waals surface area contributed by atoms with E-state index in [9.17, 15) is 9.59 Å². The van der Waals surface area contributed by atoms with E-state index >= 15 is 0 Å². The molecule has 7 nitrogen and oxygen atoms in total. The molecule has 27 heavy (non-hydrogen) atoms. The second-order valence-electron chi connectivity index (χ2n) is 5.55. The zero-order valence-corrected chi connectivity index (χ0v) is 15.8. The summed E-state index contributed by atoms with van der Waals surface area (Å²) in [6.07, 6.45) is 0. The first-order valence-corrected chi connectivity index (χ1v) is 9.13. The van der Waals surface area contributed by atoms with E-state index in [0.717, 1.165) is 10.6 Å². The van der Waals surface area contributed by atoms with Crippen molar-refractivity contribution in [1.82, 2.24) is 15.1 Å². The lowest BCUT2D eigenvalue weighted by atomic mass is 10.1. The molecule has 8 heteroatoms. The van der Waals surface area contributed by atoms with Gasteiger partial charge in [0.15, 0.2) is 0 Å². The summed E-state index contributed by atoms with van der Waals surface area (Å²) < 4.78 is 11.8. The van der Waals surface area contributed by atoms with Gasteiger partial charge in [0.05, 0.1) is 25.6 Å². The maximum absolute atomic E-state index is 12.6. The number of amides is 1. The maximum Gasteiger partial charge on any atom is 0.266 e. The van der Waals surface area contributed by atoms with Crippen LogP contribution in [0.15, 0.2) is 52.6 Å². The predicted octanol–water partition coefficient (Wildman–Crippen LogP) is 2.42. The topological polar surface area (TPSA) is 82.4 Å². The molecule has 0 atom stereocenters. The number of aromatic nitrogens is 2. The van der Waals surface area contributed by atoms with Crippen LogP contribution in [0.25, 0.3) is 10.6 Å². The number of benzene rings is 1. The highest BCUT2D eigenvalue weighted by Crippen LogP contribution is 2.27. The third-order valence-electron chi connectivity index (χ3n) is 3.90. The van der Waals surface area contributed by atoms with Gasteiger partial charge in [-0.15, -0.1) is 11.3 Å². The van der Waals surface area contributed by atoms with Gasteiger partial charge in [0.2, 0.25) is 0 Å². The highest BCUT2D eigenvalue weighted by Gasteiger charge is 2.17. The Morgan fingerprint density at radius 2 is 1.85 bits per heavy atom. The Hall–Kier alpha value is -3.13. The Balaban J connectivity index is 1.71. The van der Waals surface area contributed by atoms with E-state index in [-0.39, 0.29) is 24.6 Å². The number of thiophene rings is 1. The second-order valence-corrected chi connectivity index (χ2v) is 6.50. The first-order chi connectivity index (χ1) is 13.1. The van der Waals surface area contributed by atoms with Gasteiger partial charge < -0.3 is 14.8 Å². The van der Waals surface area contributed by atoms with Crippen molar-refractivity contribution >= 4 is 17.2 Å². The standard InChI is InChI=1S/C19H19N3O4S/c1-25-14-5-3-6-15(26-2)18(14)19(24)20-10-11-22-17(23)9-8-13(21-22)16-7-4-12-27-16/h3-9,12H,10-11H2,1-2H3,(H,20,24). The number of hydrogen-bond donors (Lipinski definition) is 1. The van der Waals surface area contributed by atoms with Crippen molar-refractivity contribution in [1.29, 1.82) is 0 Å². The fourth-order valence-corrected chi connectivity index (χ4v) is 3.29. The number of carbonyl (C=O) groups excluding carboxylic acids is 1. The molecule has 3 aromatic rings. The van der Waals surface area contributed by atoms with E-state index in [1.165, 1.54) is 25.0 Å². The zero-order valence-electron chi connectivity index (χ0n) is 15.0. The van der Waals surface area contributed by atoms with Crippen LogP contribution in [-0.2, 0) is 6.54 Å².